The van der Waals surface area contributed by atoms with E-state index in [1.165, 1.54) is 0 Å². The molecule has 4 nitrogen and oxygen atoms in total. The number of carbonyl (C=O) groups is 1. The van der Waals surface area contributed by atoms with Gasteiger partial charge in [0.2, 0.25) is 0 Å². The van der Waals surface area contributed by atoms with E-state index in [-0.39, 0.29) is 12.5 Å². The first kappa shape index (κ1) is 17.8. The number of aliphatic hydroxyl groups is 1. The van der Waals surface area contributed by atoms with Crippen LogP contribution in [0.15, 0.2) is 24.3 Å². The maximum Gasteiger partial charge on any atom is 0.263 e. The van der Waals surface area contributed by atoms with Gasteiger partial charge in [-0.2, -0.15) is 0 Å². The second kappa shape index (κ2) is 8.34. The van der Waals surface area contributed by atoms with Gasteiger partial charge in [0.25, 0.3) is 5.91 Å². The third-order valence-electron chi connectivity index (χ3n) is 4.64. The predicted molar refractivity (Wildman–Crippen MR) is 91.6 cm³/mol. The zero-order valence-corrected chi connectivity index (χ0v) is 14.5. The first-order valence-electron chi connectivity index (χ1n) is 8.72. The molecule has 0 radical (unpaired) electrons. The van der Waals surface area contributed by atoms with Crippen molar-refractivity contribution in [2.75, 3.05) is 19.7 Å². The normalized spacial score (nSPS) is 17.3. The van der Waals surface area contributed by atoms with Crippen LogP contribution in [0, 0.1) is 5.92 Å². The monoisotopic (exact) mass is 319 g/mol. The maximum absolute atomic E-state index is 12.7. The largest absolute Gasteiger partial charge is 0.480 e. The number of rotatable bonds is 6. The van der Waals surface area contributed by atoms with E-state index < -0.39 is 6.10 Å². The van der Waals surface area contributed by atoms with Gasteiger partial charge in [-0.25, -0.2) is 0 Å². The molecule has 2 rings (SSSR count). The number of aliphatic hydroxyl groups excluding tert-OH is 1. The Morgan fingerprint density at radius 3 is 2.52 bits per heavy atom. The number of likely N-dealkylation sites (tertiary alicyclic amines) is 1. The van der Waals surface area contributed by atoms with Crippen LogP contribution in [0.25, 0.3) is 0 Å². The number of ether oxygens (including phenoxy) is 1. The van der Waals surface area contributed by atoms with Gasteiger partial charge in [0.05, 0.1) is 0 Å². The number of hydrogen-bond donors (Lipinski definition) is 1. The Labute approximate surface area is 139 Å². The molecular formula is C19H29NO3. The minimum absolute atomic E-state index is 0.0717. The second-order valence-electron chi connectivity index (χ2n) is 6.66. The summed E-state index contributed by atoms with van der Waals surface area (Å²) in [6.07, 6.45) is 1.98. The van der Waals surface area contributed by atoms with Gasteiger partial charge in [-0.15, -0.1) is 0 Å². The Balaban J connectivity index is 2.04. The summed E-state index contributed by atoms with van der Waals surface area (Å²) in [5.41, 5.74) is 1.14. The zero-order chi connectivity index (χ0) is 16.8. The Morgan fingerprint density at radius 2 is 1.96 bits per heavy atom. The molecular weight excluding hydrogens is 290 g/mol. The quantitative estimate of drug-likeness (QED) is 0.876. The topological polar surface area (TPSA) is 49.8 Å². The lowest BCUT2D eigenvalue weighted by Crippen LogP contribution is -2.46. The van der Waals surface area contributed by atoms with Crippen molar-refractivity contribution in [3.63, 3.8) is 0 Å². The van der Waals surface area contributed by atoms with Crippen molar-refractivity contribution in [2.45, 2.75) is 52.1 Å². The van der Waals surface area contributed by atoms with Crippen LogP contribution in [0.1, 0.15) is 51.5 Å². The van der Waals surface area contributed by atoms with E-state index >= 15 is 0 Å². The van der Waals surface area contributed by atoms with Crippen LogP contribution in [0.5, 0.6) is 5.75 Å². The van der Waals surface area contributed by atoms with Gasteiger partial charge in [-0.3, -0.25) is 4.79 Å². The summed E-state index contributed by atoms with van der Waals surface area (Å²) >= 11 is 0. The molecule has 1 aliphatic rings. The molecule has 1 atom stereocenters. The Hall–Kier alpha value is -1.55. The molecule has 128 valence electrons. The van der Waals surface area contributed by atoms with Crippen molar-refractivity contribution >= 4 is 5.91 Å². The summed E-state index contributed by atoms with van der Waals surface area (Å²) in [5, 5.41) is 9.22. The summed E-state index contributed by atoms with van der Waals surface area (Å²) < 4.78 is 6.08. The molecule has 0 bridgehead atoms. The highest BCUT2D eigenvalue weighted by Crippen LogP contribution is 2.28. The van der Waals surface area contributed by atoms with Gasteiger partial charge in [-0.05, 0) is 42.7 Å². The van der Waals surface area contributed by atoms with Crippen molar-refractivity contribution in [3.8, 4) is 5.75 Å². The van der Waals surface area contributed by atoms with E-state index in [9.17, 15) is 9.90 Å². The highest BCUT2D eigenvalue weighted by molar-refractivity contribution is 5.81. The molecule has 1 heterocycles. The molecule has 1 saturated heterocycles. The molecule has 1 aromatic rings. The highest BCUT2D eigenvalue weighted by Gasteiger charge is 2.28. The predicted octanol–water partition coefficient (Wildman–Crippen LogP) is 3.20. The van der Waals surface area contributed by atoms with Crippen molar-refractivity contribution < 1.29 is 14.6 Å². The van der Waals surface area contributed by atoms with Crippen LogP contribution in [0.3, 0.4) is 0 Å². The van der Waals surface area contributed by atoms with Crippen LogP contribution >= 0.6 is 0 Å². The molecule has 0 aromatic heterocycles. The van der Waals surface area contributed by atoms with E-state index in [1.54, 1.807) is 0 Å². The van der Waals surface area contributed by atoms with Gasteiger partial charge in [0.1, 0.15) is 5.75 Å². The molecule has 1 aromatic carbocycles. The standard InChI is InChI=1S/C19H29NO3/c1-4-17(19(22)20-11-9-15(13-21)10-12-20)23-18-8-6-5-7-16(18)14(2)3/h5-8,14-15,17,21H,4,9-13H2,1-3H3. The van der Waals surface area contributed by atoms with Crippen LogP contribution in [-0.2, 0) is 4.79 Å². The lowest BCUT2D eigenvalue weighted by molar-refractivity contribution is -0.140. The van der Waals surface area contributed by atoms with E-state index in [4.69, 9.17) is 4.74 Å². The van der Waals surface area contributed by atoms with E-state index in [0.717, 1.165) is 37.2 Å². The molecule has 1 amide bonds. The van der Waals surface area contributed by atoms with E-state index in [1.807, 2.05) is 30.0 Å². The summed E-state index contributed by atoms with van der Waals surface area (Å²) in [5.74, 6) is 1.58. The molecule has 0 saturated carbocycles. The van der Waals surface area contributed by atoms with E-state index in [0.29, 0.717) is 18.3 Å². The second-order valence-corrected chi connectivity index (χ2v) is 6.66. The molecule has 4 heteroatoms. The van der Waals surface area contributed by atoms with Crippen LogP contribution in [-0.4, -0.2) is 41.7 Å². The number of hydrogen-bond acceptors (Lipinski definition) is 3. The summed E-state index contributed by atoms with van der Waals surface area (Å²) in [6, 6.07) is 7.96. The summed E-state index contributed by atoms with van der Waals surface area (Å²) in [6.45, 7) is 7.90. The lowest BCUT2D eigenvalue weighted by atomic mass is 9.97. The Kier molecular flexibility index (Phi) is 6.46. The number of para-hydroxylation sites is 1. The Bertz CT molecular complexity index is 507. The fourth-order valence-corrected chi connectivity index (χ4v) is 3.07. The SMILES string of the molecule is CCC(Oc1ccccc1C(C)C)C(=O)N1CCC(CO)CC1. The molecule has 0 spiro atoms. The van der Waals surface area contributed by atoms with Gasteiger partial charge >= 0.3 is 0 Å². The number of piperidine rings is 1. The summed E-state index contributed by atoms with van der Waals surface area (Å²) in [4.78, 5) is 14.6. The zero-order valence-electron chi connectivity index (χ0n) is 14.5. The van der Waals surface area contributed by atoms with Gasteiger partial charge < -0.3 is 14.7 Å². The van der Waals surface area contributed by atoms with Crippen molar-refractivity contribution in [2.24, 2.45) is 5.92 Å². The fraction of sp³-hybridized carbons (Fsp3) is 0.632. The van der Waals surface area contributed by atoms with E-state index in [2.05, 4.69) is 19.9 Å². The molecule has 23 heavy (non-hydrogen) atoms. The maximum atomic E-state index is 12.7. The molecule has 1 aliphatic heterocycles. The lowest BCUT2D eigenvalue weighted by Gasteiger charge is -2.33. The number of amides is 1. The van der Waals surface area contributed by atoms with Crippen molar-refractivity contribution in [3.05, 3.63) is 29.8 Å². The Morgan fingerprint density at radius 1 is 1.30 bits per heavy atom. The number of benzene rings is 1. The number of carbonyl (C=O) groups excluding carboxylic acids is 1. The third-order valence-corrected chi connectivity index (χ3v) is 4.64. The molecule has 1 unspecified atom stereocenters. The van der Waals surface area contributed by atoms with Crippen LogP contribution < -0.4 is 4.74 Å². The van der Waals surface area contributed by atoms with Crippen molar-refractivity contribution in [1.29, 1.82) is 0 Å². The first-order chi connectivity index (χ1) is 11.1. The summed E-state index contributed by atoms with van der Waals surface area (Å²) in [7, 11) is 0. The third kappa shape index (κ3) is 4.47. The molecule has 0 aliphatic carbocycles. The van der Waals surface area contributed by atoms with Crippen LogP contribution in [0.2, 0.25) is 0 Å². The minimum atomic E-state index is -0.430. The fourth-order valence-electron chi connectivity index (χ4n) is 3.07. The van der Waals surface area contributed by atoms with Gasteiger partial charge in [0, 0.05) is 19.7 Å². The average Bonchev–Trinajstić information content (AvgIpc) is 2.59. The van der Waals surface area contributed by atoms with Gasteiger partial charge in [0.15, 0.2) is 6.10 Å². The highest BCUT2D eigenvalue weighted by atomic mass is 16.5. The molecule has 1 fully saturated rings. The average molecular weight is 319 g/mol. The number of nitrogens with zero attached hydrogens (tertiary/aromatic N) is 1. The van der Waals surface area contributed by atoms with Crippen LogP contribution in [0.4, 0.5) is 0 Å². The minimum Gasteiger partial charge on any atom is -0.480 e. The van der Waals surface area contributed by atoms with Crippen molar-refractivity contribution in [1.82, 2.24) is 4.90 Å². The van der Waals surface area contributed by atoms with Gasteiger partial charge in [-0.1, -0.05) is 39.0 Å². The smallest absolute Gasteiger partial charge is 0.263 e. The first-order valence-corrected chi connectivity index (χ1v) is 8.72. The molecule has 1 N–H and O–H groups in total.